The van der Waals surface area contributed by atoms with Gasteiger partial charge >= 0.3 is 0 Å². The van der Waals surface area contributed by atoms with Gasteiger partial charge in [0.15, 0.2) is 0 Å². The molecule has 0 N–H and O–H groups in total. The fourth-order valence-electron chi connectivity index (χ4n) is 3.41. The molecule has 1 amide bonds. The molecule has 5 nitrogen and oxygen atoms in total. The van der Waals surface area contributed by atoms with Crippen molar-refractivity contribution in [3.05, 3.63) is 28.9 Å². The van der Waals surface area contributed by atoms with Crippen LogP contribution < -0.4 is 4.90 Å². The van der Waals surface area contributed by atoms with Crippen LogP contribution in [0.1, 0.15) is 34.6 Å². The van der Waals surface area contributed by atoms with Crippen LogP contribution in [0.2, 0.25) is 0 Å². The lowest BCUT2D eigenvalue weighted by Gasteiger charge is -2.25. The first-order valence-electron chi connectivity index (χ1n) is 8.82. The van der Waals surface area contributed by atoms with Crippen LogP contribution >= 0.6 is 11.3 Å². The molecule has 0 unspecified atom stereocenters. The summed E-state index contributed by atoms with van der Waals surface area (Å²) in [4.78, 5) is 26.5. The highest BCUT2D eigenvalue weighted by atomic mass is 32.1. The Morgan fingerprint density at radius 1 is 1.20 bits per heavy atom. The number of halogens is 1. The third kappa shape index (κ3) is 3.25. The molecule has 25 heavy (non-hydrogen) atoms. The zero-order chi connectivity index (χ0) is 17.2. The predicted molar refractivity (Wildman–Crippen MR) is 97.0 cm³/mol. The van der Waals surface area contributed by atoms with Crippen molar-refractivity contribution in [3.8, 4) is 10.6 Å². The summed E-state index contributed by atoms with van der Waals surface area (Å²) < 4.78 is 12.4. The molecular formula is C18H21FN4OS. The van der Waals surface area contributed by atoms with Crippen LogP contribution in [0.5, 0.6) is 0 Å². The van der Waals surface area contributed by atoms with Gasteiger partial charge in [0.25, 0.3) is 5.91 Å². The molecule has 2 aliphatic rings. The van der Waals surface area contributed by atoms with Crippen molar-refractivity contribution in [3.63, 3.8) is 0 Å². The number of aromatic nitrogens is 2. The molecule has 2 aromatic heterocycles. The quantitative estimate of drug-likeness (QED) is 0.822. The monoisotopic (exact) mass is 360 g/mol. The molecule has 4 rings (SSSR count). The van der Waals surface area contributed by atoms with Crippen molar-refractivity contribution >= 4 is 23.1 Å². The van der Waals surface area contributed by atoms with Gasteiger partial charge in [-0.25, -0.2) is 9.97 Å². The minimum Gasteiger partial charge on any atom is -0.357 e. The Balaban J connectivity index is 1.53. The number of carbonyl (C=O) groups is 1. The van der Waals surface area contributed by atoms with Crippen LogP contribution in [0.15, 0.2) is 18.3 Å². The van der Waals surface area contributed by atoms with E-state index in [1.807, 2.05) is 18.3 Å². The van der Waals surface area contributed by atoms with Gasteiger partial charge in [-0.1, -0.05) is 0 Å². The fraction of sp³-hybridized carbons (Fsp3) is 0.500. The summed E-state index contributed by atoms with van der Waals surface area (Å²) in [6.45, 7) is 2.86. The van der Waals surface area contributed by atoms with Crippen LogP contribution in [0.3, 0.4) is 0 Å². The van der Waals surface area contributed by atoms with Gasteiger partial charge in [-0.2, -0.15) is 0 Å². The molecule has 0 aliphatic carbocycles. The lowest BCUT2D eigenvalue weighted by atomic mass is 10.1. The smallest absolute Gasteiger partial charge is 0.265 e. The van der Waals surface area contributed by atoms with Gasteiger partial charge < -0.3 is 9.80 Å². The number of fused-ring (bicyclic) bond motifs is 1. The van der Waals surface area contributed by atoms with E-state index in [1.165, 1.54) is 24.2 Å². The number of hydrogen-bond acceptors (Lipinski definition) is 5. The summed E-state index contributed by atoms with van der Waals surface area (Å²) in [5.74, 6) is 0.996. The molecule has 0 bridgehead atoms. The third-order valence-electron chi connectivity index (χ3n) is 4.78. The second-order valence-electron chi connectivity index (χ2n) is 6.48. The summed E-state index contributed by atoms with van der Waals surface area (Å²) in [6.07, 6.45) is 5.44. The van der Waals surface area contributed by atoms with E-state index >= 15 is 0 Å². The average Bonchev–Trinajstić information content (AvgIpc) is 3.31. The molecule has 0 saturated carbocycles. The Morgan fingerprint density at radius 2 is 2.04 bits per heavy atom. The minimum absolute atomic E-state index is 0.0138. The molecule has 2 aromatic rings. The summed E-state index contributed by atoms with van der Waals surface area (Å²) in [5.41, 5.74) is 1.82. The van der Waals surface area contributed by atoms with Crippen molar-refractivity contribution in [2.75, 3.05) is 37.8 Å². The van der Waals surface area contributed by atoms with Crippen molar-refractivity contribution in [2.24, 2.45) is 0 Å². The van der Waals surface area contributed by atoms with E-state index in [-0.39, 0.29) is 12.6 Å². The topological polar surface area (TPSA) is 49.3 Å². The SMILES string of the molecule is O=C1c2sc(-c3ccc(N4CCCC4)nc3)nc2CCN1CCCF. The molecule has 0 spiro atoms. The number of nitrogens with zero attached hydrogens (tertiary/aromatic N) is 4. The van der Waals surface area contributed by atoms with Gasteiger partial charge in [-0.05, 0) is 31.4 Å². The Bertz CT molecular complexity index is 755. The maximum absolute atomic E-state index is 12.5. The summed E-state index contributed by atoms with van der Waals surface area (Å²) in [7, 11) is 0. The van der Waals surface area contributed by atoms with E-state index in [1.54, 1.807) is 4.90 Å². The number of pyridine rings is 1. The zero-order valence-electron chi connectivity index (χ0n) is 14.1. The van der Waals surface area contributed by atoms with Crippen molar-refractivity contribution < 1.29 is 9.18 Å². The van der Waals surface area contributed by atoms with E-state index in [2.05, 4.69) is 14.9 Å². The Hall–Kier alpha value is -2.02. The largest absolute Gasteiger partial charge is 0.357 e. The molecule has 4 heterocycles. The van der Waals surface area contributed by atoms with Crippen molar-refractivity contribution in [2.45, 2.75) is 25.7 Å². The van der Waals surface area contributed by atoms with Gasteiger partial charge in [0.2, 0.25) is 0 Å². The van der Waals surface area contributed by atoms with E-state index < -0.39 is 0 Å². The van der Waals surface area contributed by atoms with Gasteiger partial charge in [-0.3, -0.25) is 9.18 Å². The lowest BCUT2D eigenvalue weighted by Crippen LogP contribution is -2.37. The van der Waals surface area contributed by atoms with Crippen LogP contribution in [-0.4, -0.2) is 53.6 Å². The molecule has 2 aliphatic heterocycles. The summed E-state index contributed by atoms with van der Waals surface area (Å²) in [5, 5.41) is 0.839. The average molecular weight is 360 g/mol. The Morgan fingerprint density at radius 3 is 2.76 bits per heavy atom. The van der Waals surface area contributed by atoms with Gasteiger partial charge in [0, 0.05) is 44.4 Å². The molecule has 132 valence electrons. The normalized spacial score (nSPS) is 17.2. The maximum atomic E-state index is 12.5. The van der Waals surface area contributed by atoms with E-state index in [4.69, 9.17) is 0 Å². The highest BCUT2D eigenvalue weighted by molar-refractivity contribution is 7.17. The highest BCUT2D eigenvalue weighted by Gasteiger charge is 2.28. The summed E-state index contributed by atoms with van der Waals surface area (Å²) in [6, 6.07) is 4.08. The number of anilines is 1. The number of thiazole rings is 1. The van der Waals surface area contributed by atoms with E-state index in [0.717, 1.165) is 41.6 Å². The lowest BCUT2D eigenvalue weighted by molar-refractivity contribution is 0.0739. The number of rotatable bonds is 5. The predicted octanol–water partition coefficient (Wildman–Crippen LogP) is 3.16. The van der Waals surface area contributed by atoms with Crippen LogP contribution in [0.25, 0.3) is 10.6 Å². The van der Waals surface area contributed by atoms with Crippen LogP contribution in [0, 0.1) is 0 Å². The van der Waals surface area contributed by atoms with Crippen LogP contribution in [-0.2, 0) is 6.42 Å². The second kappa shape index (κ2) is 7.07. The zero-order valence-corrected chi connectivity index (χ0v) is 14.9. The molecule has 0 aromatic carbocycles. The van der Waals surface area contributed by atoms with Gasteiger partial charge in [0.05, 0.1) is 12.4 Å². The molecule has 7 heteroatoms. The number of carbonyl (C=O) groups excluding carboxylic acids is 1. The highest BCUT2D eigenvalue weighted by Crippen LogP contribution is 2.32. The Labute approximate surface area is 150 Å². The molecule has 0 atom stereocenters. The Kier molecular flexibility index (Phi) is 4.65. The first-order chi connectivity index (χ1) is 12.3. The number of hydrogen-bond donors (Lipinski definition) is 0. The number of alkyl halides is 1. The third-order valence-corrected chi connectivity index (χ3v) is 5.92. The first kappa shape index (κ1) is 16.4. The standard InChI is InChI=1S/C18H21FN4OS/c19-7-3-10-23-11-6-14-16(18(23)24)25-17(21-14)13-4-5-15(20-12-13)22-8-1-2-9-22/h4-5,12H,1-3,6-11H2. The van der Waals surface area contributed by atoms with E-state index in [0.29, 0.717) is 24.4 Å². The second-order valence-corrected chi connectivity index (χ2v) is 7.48. The van der Waals surface area contributed by atoms with E-state index in [9.17, 15) is 9.18 Å². The summed E-state index contributed by atoms with van der Waals surface area (Å²) >= 11 is 1.42. The molecule has 1 saturated heterocycles. The van der Waals surface area contributed by atoms with Crippen molar-refractivity contribution in [1.82, 2.24) is 14.9 Å². The number of amides is 1. The minimum atomic E-state index is -0.389. The van der Waals surface area contributed by atoms with Gasteiger partial charge in [-0.15, -0.1) is 11.3 Å². The molecular weight excluding hydrogens is 339 g/mol. The molecule has 0 radical (unpaired) electrons. The maximum Gasteiger partial charge on any atom is 0.265 e. The first-order valence-corrected chi connectivity index (χ1v) is 9.64. The van der Waals surface area contributed by atoms with Gasteiger partial charge in [0.1, 0.15) is 15.7 Å². The van der Waals surface area contributed by atoms with Crippen molar-refractivity contribution in [1.29, 1.82) is 0 Å². The van der Waals surface area contributed by atoms with Crippen LogP contribution in [0.4, 0.5) is 10.2 Å². The fourth-order valence-corrected chi connectivity index (χ4v) is 4.48. The molecule has 1 fully saturated rings.